The molecule has 3 rings (SSSR count). The minimum atomic E-state index is -0.135. The third-order valence-electron chi connectivity index (χ3n) is 4.40. The maximum absolute atomic E-state index is 12.7. The quantitative estimate of drug-likeness (QED) is 0.811. The maximum atomic E-state index is 12.7. The normalized spacial score (nSPS) is 18.3. The summed E-state index contributed by atoms with van der Waals surface area (Å²) in [4.78, 5) is 14.4. The molecule has 24 heavy (non-hydrogen) atoms. The molecular formula is C19H23NO4. The molecule has 0 spiro atoms. The molecule has 1 aromatic heterocycles. The highest BCUT2D eigenvalue weighted by atomic mass is 16.5. The summed E-state index contributed by atoms with van der Waals surface area (Å²) in [6.45, 7) is 3.27. The van der Waals surface area contributed by atoms with Gasteiger partial charge in [-0.25, -0.2) is 0 Å². The van der Waals surface area contributed by atoms with Crippen LogP contribution in [0.3, 0.4) is 0 Å². The van der Waals surface area contributed by atoms with Crippen LogP contribution in [0.1, 0.15) is 41.9 Å². The van der Waals surface area contributed by atoms with Crippen LogP contribution in [0.25, 0.3) is 0 Å². The Morgan fingerprint density at radius 1 is 1.38 bits per heavy atom. The summed E-state index contributed by atoms with van der Waals surface area (Å²) in [5.41, 5.74) is 0.598. The number of carbonyl (C=O) groups excluding carboxylic acids is 1. The second kappa shape index (κ2) is 7.53. The Hall–Kier alpha value is -2.27. The van der Waals surface area contributed by atoms with Crippen molar-refractivity contribution in [2.45, 2.75) is 31.9 Å². The molecule has 1 aromatic carbocycles. The third kappa shape index (κ3) is 3.79. The van der Waals surface area contributed by atoms with Crippen molar-refractivity contribution in [3.05, 3.63) is 54.0 Å². The molecule has 1 aliphatic heterocycles. The predicted octanol–water partition coefficient (Wildman–Crippen LogP) is 3.67. The molecule has 0 N–H and O–H groups in total. The SMILES string of the molecule is CC(c1ccco1)N(C)C(=O)c1cccc(OCC2CCCO2)c1. The van der Waals surface area contributed by atoms with Gasteiger partial charge < -0.3 is 18.8 Å². The van der Waals surface area contributed by atoms with Gasteiger partial charge in [0.05, 0.1) is 18.4 Å². The number of nitrogens with zero attached hydrogens (tertiary/aromatic N) is 1. The van der Waals surface area contributed by atoms with Gasteiger partial charge in [-0.1, -0.05) is 6.07 Å². The fourth-order valence-electron chi connectivity index (χ4n) is 2.78. The zero-order valence-corrected chi connectivity index (χ0v) is 14.1. The van der Waals surface area contributed by atoms with Crippen molar-refractivity contribution >= 4 is 5.91 Å². The molecule has 128 valence electrons. The van der Waals surface area contributed by atoms with Crippen molar-refractivity contribution in [3.63, 3.8) is 0 Å². The number of hydrogen-bond donors (Lipinski definition) is 0. The Morgan fingerprint density at radius 2 is 2.25 bits per heavy atom. The Morgan fingerprint density at radius 3 is 2.96 bits per heavy atom. The first-order chi connectivity index (χ1) is 11.6. The van der Waals surface area contributed by atoms with Gasteiger partial charge >= 0.3 is 0 Å². The largest absolute Gasteiger partial charge is 0.491 e. The molecule has 2 atom stereocenters. The van der Waals surface area contributed by atoms with Crippen molar-refractivity contribution in [1.29, 1.82) is 0 Å². The van der Waals surface area contributed by atoms with Crippen LogP contribution in [0.2, 0.25) is 0 Å². The van der Waals surface area contributed by atoms with E-state index >= 15 is 0 Å². The average molecular weight is 329 g/mol. The van der Waals surface area contributed by atoms with E-state index in [1.807, 2.05) is 31.2 Å². The second-order valence-electron chi connectivity index (χ2n) is 6.08. The Bertz CT molecular complexity index is 662. The number of furan rings is 1. The van der Waals surface area contributed by atoms with E-state index in [0.717, 1.165) is 25.2 Å². The second-order valence-corrected chi connectivity index (χ2v) is 6.08. The topological polar surface area (TPSA) is 51.9 Å². The van der Waals surface area contributed by atoms with Crippen LogP contribution in [0.5, 0.6) is 5.75 Å². The van der Waals surface area contributed by atoms with E-state index in [2.05, 4.69) is 0 Å². The van der Waals surface area contributed by atoms with Gasteiger partial charge in [-0.2, -0.15) is 0 Å². The minimum Gasteiger partial charge on any atom is -0.491 e. The maximum Gasteiger partial charge on any atom is 0.254 e. The van der Waals surface area contributed by atoms with E-state index < -0.39 is 0 Å². The molecule has 0 bridgehead atoms. The lowest BCUT2D eigenvalue weighted by molar-refractivity contribution is 0.0676. The number of benzene rings is 1. The highest BCUT2D eigenvalue weighted by molar-refractivity contribution is 5.94. The summed E-state index contributed by atoms with van der Waals surface area (Å²) < 4.78 is 16.7. The minimum absolute atomic E-state index is 0.0681. The van der Waals surface area contributed by atoms with E-state index in [4.69, 9.17) is 13.9 Å². The average Bonchev–Trinajstić information content (AvgIpc) is 3.31. The van der Waals surface area contributed by atoms with Gasteiger partial charge in [0.2, 0.25) is 0 Å². The van der Waals surface area contributed by atoms with Gasteiger partial charge in [0, 0.05) is 19.2 Å². The van der Waals surface area contributed by atoms with Crippen molar-refractivity contribution in [2.75, 3.05) is 20.3 Å². The van der Waals surface area contributed by atoms with Crippen molar-refractivity contribution in [3.8, 4) is 5.75 Å². The molecule has 0 radical (unpaired) electrons. The lowest BCUT2D eigenvalue weighted by atomic mass is 10.1. The molecule has 0 saturated carbocycles. The molecule has 1 saturated heterocycles. The zero-order valence-electron chi connectivity index (χ0n) is 14.1. The number of rotatable bonds is 6. The molecule has 5 heteroatoms. The van der Waals surface area contributed by atoms with Crippen LogP contribution < -0.4 is 4.74 Å². The van der Waals surface area contributed by atoms with E-state index in [-0.39, 0.29) is 18.1 Å². The summed E-state index contributed by atoms with van der Waals surface area (Å²) in [7, 11) is 1.77. The van der Waals surface area contributed by atoms with Crippen molar-refractivity contribution in [1.82, 2.24) is 4.90 Å². The lowest BCUT2D eigenvalue weighted by Crippen LogP contribution is -2.29. The molecule has 2 aromatic rings. The molecule has 1 fully saturated rings. The number of hydrogen-bond acceptors (Lipinski definition) is 4. The molecule has 2 heterocycles. The van der Waals surface area contributed by atoms with Crippen LogP contribution in [0, 0.1) is 0 Å². The van der Waals surface area contributed by atoms with E-state index in [1.165, 1.54) is 0 Å². The molecular weight excluding hydrogens is 306 g/mol. The van der Waals surface area contributed by atoms with Crippen molar-refractivity contribution < 1.29 is 18.7 Å². The Balaban J connectivity index is 1.64. The van der Waals surface area contributed by atoms with E-state index in [0.29, 0.717) is 17.9 Å². The number of carbonyl (C=O) groups is 1. The van der Waals surface area contributed by atoms with Crippen molar-refractivity contribution in [2.24, 2.45) is 0 Å². The first-order valence-electron chi connectivity index (χ1n) is 8.30. The summed E-state index contributed by atoms with van der Waals surface area (Å²) in [6.07, 6.45) is 3.89. The lowest BCUT2D eigenvalue weighted by Gasteiger charge is -2.23. The van der Waals surface area contributed by atoms with Gasteiger partial charge in [-0.3, -0.25) is 4.79 Å². The summed E-state index contributed by atoms with van der Waals surface area (Å²) in [6, 6.07) is 10.8. The molecule has 0 aliphatic carbocycles. The molecule has 1 aliphatic rings. The zero-order chi connectivity index (χ0) is 16.9. The number of amides is 1. The smallest absolute Gasteiger partial charge is 0.254 e. The number of ether oxygens (including phenoxy) is 2. The van der Waals surface area contributed by atoms with Crippen LogP contribution in [0.4, 0.5) is 0 Å². The van der Waals surface area contributed by atoms with E-state index in [1.54, 1.807) is 30.3 Å². The van der Waals surface area contributed by atoms with Gasteiger partial charge in [0.25, 0.3) is 5.91 Å². The highest BCUT2D eigenvalue weighted by Gasteiger charge is 2.21. The van der Waals surface area contributed by atoms with Gasteiger partial charge in [0.1, 0.15) is 18.1 Å². The summed E-state index contributed by atoms with van der Waals surface area (Å²) in [5, 5.41) is 0. The molecule has 2 unspecified atom stereocenters. The predicted molar refractivity (Wildman–Crippen MR) is 90.1 cm³/mol. The van der Waals surface area contributed by atoms with Crippen LogP contribution in [-0.4, -0.2) is 37.2 Å². The molecule has 5 nitrogen and oxygen atoms in total. The monoisotopic (exact) mass is 329 g/mol. The Kier molecular flexibility index (Phi) is 5.20. The fraction of sp³-hybridized carbons (Fsp3) is 0.421. The van der Waals surface area contributed by atoms with Crippen LogP contribution >= 0.6 is 0 Å². The van der Waals surface area contributed by atoms with E-state index in [9.17, 15) is 4.79 Å². The van der Waals surface area contributed by atoms with Gasteiger partial charge in [0.15, 0.2) is 0 Å². The van der Waals surface area contributed by atoms with Gasteiger partial charge in [-0.15, -0.1) is 0 Å². The first-order valence-corrected chi connectivity index (χ1v) is 8.30. The molecule has 1 amide bonds. The third-order valence-corrected chi connectivity index (χ3v) is 4.40. The summed E-state index contributed by atoms with van der Waals surface area (Å²) in [5.74, 6) is 1.38. The van der Waals surface area contributed by atoms with Crippen LogP contribution in [-0.2, 0) is 4.74 Å². The fourth-order valence-corrected chi connectivity index (χ4v) is 2.78. The van der Waals surface area contributed by atoms with Crippen LogP contribution in [0.15, 0.2) is 47.1 Å². The first kappa shape index (κ1) is 16.6. The highest BCUT2D eigenvalue weighted by Crippen LogP contribution is 2.23. The standard InChI is InChI=1S/C19H23NO4/c1-14(18-9-5-11-23-18)20(2)19(21)15-6-3-7-16(12-15)24-13-17-8-4-10-22-17/h3,5-7,9,11-12,14,17H,4,8,10,13H2,1-2H3. The summed E-state index contributed by atoms with van der Waals surface area (Å²) >= 11 is 0. The van der Waals surface area contributed by atoms with Gasteiger partial charge in [-0.05, 0) is 50.1 Å². The Labute approximate surface area is 142 Å².